The van der Waals surface area contributed by atoms with Gasteiger partial charge in [0.25, 0.3) is 5.91 Å². The summed E-state index contributed by atoms with van der Waals surface area (Å²) in [5, 5.41) is 1.02. The minimum atomic E-state index is 0.0944. The van der Waals surface area contributed by atoms with Crippen LogP contribution in [0.4, 0.5) is 5.95 Å². The summed E-state index contributed by atoms with van der Waals surface area (Å²) in [4.78, 5) is 26.9. The van der Waals surface area contributed by atoms with Crippen molar-refractivity contribution in [3.63, 3.8) is 0 Å². The first-order chi connectivity index (χ1) is 15.6. The van der Waals surface area contributed by atoms with Gasteiger partial charge in [0.2, 0.25) is 5.95 Å². The third kappa shape index (κ3) is 3.98. The van der Waals surface area contributed by atoms with Gasteiger partial charge in [-0.25, -0.2) is 9.97 Å². The topological polar surface area (TPSA) is 49.3 Å². The quantitative estimate of drug-likeness (QED) is 0.392. The number of aromatic nitrogens is 2. The van der Waals surface area contributed by atoms with E-state index in [2.05, 4.69) is 39.0 Å². The van der Waals surface area contributed by atoms with Crippen molar-refractivity contribution >= 4 is 38.7 Å². The number of benzene rings is 3. The maximum absolute atomic E-state index is 13.0. The number of anilines is 1. The molecule has 1 aromatic heterocycles. The van der Waals surface area contributed by atoms with Crippen LogP contribution in [0.2, 0.25) is 0 Å². The zero-order valence-electron chi connectivity index (χ0n) is 17.8. The molecule has 160 valence electrons. The largest absolute Gasteiger partial charge is 0.337 e. The second kappa shape index (κ2) is 8.71. The van der Waals surface area contributed by atoms with E-state index < -0.39 is 0 Å². The Kier molecular flexibility index (Phi) is 5.62. The molecule has 3 aromatic carbocycles. The monoisotopic (exact) mass is 486 g/mol. The van der Waals surface area contributed by atoms with Crippen molar-refractivity contribution in [1.29, 1.82) is 0 Å². The second-order valence-corrected chi connectivity index (χ2v) is 8.91. The number of carbonyl (C=O) groups is 1. The number of aryl methyl sites for hydroxylation is 1. The molecule has 32 heavy (non-hydrogen) atoms. The number of amides is 1. The molecule has 0 atom stereocenters. The second-order valence-electron chi connectivity index (χ2n) is 7.99. The van der Waals surface area contributed by atoms with Crippen molar-refractivity contribution in [3.05, 3.63) is 88.4 Å². The summed E-state index contributed by atoms with van der Waals surface area (Å²) in [5.74, 6) is 0.804. The number of hydrogen-bond acceptors (Lipinski definition) is 4. The van der Waals surface area contributed by atoms with E-state index in [0.29, 0.717) is 32.1 Å². The minimum Gasteiger partial charge on any atom is -0.337 e. The average Bonchev–Trinajstić information content (AvgIpc) is 2.84. The highest BCUT2D eigenvalue weighted by Gasteiger charge is 2.25. The Balaban J connectivity index is 1.43. The molecule has 1 fully saturated rings. The summed E-state index contributed by atoms with van der Waals surface area (Å²) < 4.78 is 1.00. The maximum atomic E-state index is 13.0. The molecule has 0 N–H and O–H groups in total. The van der Waals surface area contributed by atoms with E-state index in [9.17, 15) is 4.79 Å². The molecule has 5 rings (SSSR count). The number of fused-ring (bicyclic) bond motifs is 1. The molecule has 0 unspecified atom stereocenters. The van der Waals surface area contributed by atoms with Crippen molar-refractivity contribution in [3.8, 4) is 11.3 Å². The molecule has 4 aromatic rings. The van der Waals surface area contributed by atoms with E-state index in [1.54, 1.807) is 0 Å². The Morgan fingerprint density at radius 1 is 0.875 bits per heavy atom. The standard InChI is InChI=1S/C26H23BrN4O/c1-18-7-5-6-10-21(18)25(32)30-13-15-31(16-14-30)26-28-23-12-11-20(27)17-22(23)24(29-26)19-8-3-2-4-9-19/h2-12,17H,13-16H2,1H3. The first-order valence-electron chi connectivity index (χ1n) is 10.7. The number of carbonyl (C=O) groups excluding carboxylic acids is 1. The molecule has 0 radical (unpaired) electrons. The Morgan fingerprint density at radius 3 is 2.34 bits per heavy atom. The molecular formula is C26H23BrN4O. The Labute approximate surface area is 195 Å². The number of hydrogen-bond donors (Lipinski definition) is 0. The van der Waals surface area contributed by atoms with Crippen LogP contribution in [0.15, 0.2) is 77.3 Å². The highest BCUT2D eigenvalue weighted by molar-refractivity contribution is 9.10. The highest BCUT2D eigenvalue weighted by atomic mass is 79.9. The van der Waals surface area contributed by atoms with Gasteiger partial charge in [-0.2, -0.15) is 0 Å². The molecule has 1 saturated heterocycles. The molecule has 5 nitrogen and oxygen atoms in total. The Hall–Kier alpha value is -3.25. The maximum Gasteiger partial charge on any atom is 0.254 e. The van der Waals surface area contributed by atoms with E-state index in [1.165, 1.54) is 0 Å². The van der Waals surface area contributed by atoms with Crippen molar-refractivity contribution < 1.29 is 4.79 Å². The smallest absolute Gasteiger partial charge is 0.254 e. The van der Waals surface area contributed by atoms with Crippen LogP contribution in [0.1, 0.15) is 15.9 Å². The first-order valence-corrected chi connectivity index (χ1v) is 11.5. The first kappa shape index (κ1) is 20.6. The number of nitrogens with zero attached hydrogens (tertiary/aromatic N) is 4. The fourth-order valence-electron chi connectivity index (χ4n) is 4.14. The fraction of sp³-hybridized carbons (Fsp3) is 0.192. The number of halogens is 1. The van der Waals surface area contributed by atoms with Crippen LogP contribution in [0.5, 0.6) is 0 Å². The molecule has 1 amide bonds. The lowest BCUT2D eigenvalue weighted by atomic mass is 10.1. The van der Waals surface area contributed by atoms with Crippen LogP contribution in [0.3, 0.4) is 0 Å². The summed E-state index contributed by atoms with van der Waals surface area (Å²) in [5.41, 5.74) is 4.68. The molecule has 0 bridgehead atoms. The Bertz CT molecular complexity index is 1280. The van der Waals surface area contributed by atoms with Crippen molar-refractivity contribution in [2.24, 2.45) is 0 Å². The van der Waals surface area contributed by atoms with Gasteiger partial charge in [0, 0.05) is 47.2 Å². The molecule has 0 saturated carbocycles. The van der Waals surface area contributed by atoms with Gasteiger partial charge in [-0.3, -0.25) is 4.79 Å². The molecule has 0 aliphatic carbocycles. The SMILES string of the molecule is Cc1ccccc1C(=O)N1CCN(c2nc(-c3ccccc3)c3cc(Br)ccc3n2)CC1. The summed E-state index contributed by atoms with van der Waals surface area (Å²) in [6.45, 7) is 4.68. The van der Waals surface area contributed by atoms with Crippen LogP contribution in [0.25, 0.3) is 22.2 Å². The summed E-state index contributed by atoms with van der Waals surface area (Å²) >= 11 is 3.58. The van der Waals surface area contributed by atoms with Gasteiger partial charge in [0.15, 0.2) is 0 Å². The predicted molar refractivity (Wildman–Crippen MR) is 132 cm³/mol. The lowest BCUT2D eigenvalue weighted by Gasteiger charge is -2.35. The molecular weight excluding hydrogens is 464 g/mol. The van der Waals surface area contributed by atoms with Gasteiger partial charge >= 0.3 is 0 Å². The van der Waals surface area contributed by atoms with Crippen LogP contribution in [-0.2, 0) is 0 Å². The van der Waals surface area contributed by atoms with Crippen LogP contribution in [-0.4, -0.2) is 47.0 Å². The van der Waals surface area contributed by atoms with Crippen LogP contribution >= 0.6 is 15.9 Å². The van der Waals surface area contributed by atoms with Crippen molar-refractivity contribution in [1.82, 2.24) is 14.9 Å². The van der Waals surface area contributed by atoms with Gasteiger partial charge < -0.3 is 9.80 Å². The third-order valence-corrected chi connectivity index (χ3v) is 6.41. The van der Waals surface area contributed by atoms with E-state index in [-0.39, 0.29) is 5.91 Å². The molecule has 0 spiro atoms. The molecule has 2 heterocycles. The lowest BCUT2D eigenvalue weighted by molar-refractivity contribution is 0.0745. The molecule has 1 aliphatic rings. The van der Waals surface area contributed by atoms with E-state index in [0.717, 1.165) is 37.8 Å². The number of piperazine rings is 1. The van der Waals surface area contributed by atoms with E-state index in [4.69, 9.17) is 9.97 Å². The van der Waals surface area contributed by atoms with Gasteiger partial charge in [0.1, 0.15) is 0 Å². The predicted octanol–water partition coefficient (Wildman–Crippen LogP) is 5.33. The van der Waals surface area contributed by atoms with Gasteiger partial charge in [-0.1, -0.05) is 64.5 Å². The van der Waals surface area contributed by atoms with Crippen molar-refractivity contribution in [2.75, 3.05) is 31.1 Å². The van der Waals surface area contributed by atoms with Crippen LogP contribution in [0, 0.1) is 6.92 Å². The van der Waals surface area contributed by atoms with Gasteiger partial charge in [0.05, 0.1) is 11.2 Å². The summed E-state index contributed by atoms with van der Waals surface area (Å²) in [6, 6.07) is 24.1. The third-order valence-electron chi connectivity index (χ3n) is 5.92. The van der Waals surface area contributed by atoms with Gasteiger partial charge in [-0.15, -0.1) is 0 Å². The molecule has 6 heteroatoms. The van der Waals surface area contributed by atoms with Crippen LogP contribution < -0.4 is 4.90 Å². The lowest BCUT2D eigenvalue weighted by Crippen LogP contribution is -2.49. The minimum absolute atomic E-state index is 0.0944. The zero-order valence-corrected chi connectivity index (χ0v) is 19.4. The summed E-state index contributed by atoms with van der Waals surface area (Å²) in [6.07, 6.45) is 0. The average molecular weight is 487 g/mol. The highest BCUT2D eigenvalue weighted by Crippen LogP contribution is 2.30. The zero-order chi connectivity index (χ0) is 22.1. The number of rotatable bonds is 3. The van der Waals surface area contributed by atoms with E-state index >= 15 is 0 Å². The van der Waals surface area contributed by atoms with E-state index in [1.807, 2.05) is 66.4 Å². The molecule has 1 aliphatic heterocycles. The fourth-order valence-corrected chi connectivity index (χ4v) is 4.50. The Morgan fingerprint density at radius 2 is 1.59 bits per heavy atom. The summed E-state index contributed by atoms with van der Waals surface area (Å²) in [7, 11) is 0. The van der Waals surface area contributed by atoms with Crippen molar-refractivity contribution in [2.45, 2.75) is 6.92 Å². The normalized spacial score (nSPS) is 14.1. The van der Waals surface area contributed by atoms with Gasteiger partial charge in [-0.05, 0) is 36.8 Å².